The summed E-state index contributed by atoms with van der Waals surface area (Å²) in [6, 6.07) is 8.08. The maximum atomic E-state index is 5.43. The van der Waals surface area contributed by atoms with Crippen molar-refractivity contribution in [2.75, 3.05) is 46.4 Å². The Balaban J connectivity index is 1.54. The van der Waals surface area contributed by atoms with E-state index < -0.39 is 0 Å². The Morgan fingerprint density at radius 1 is 1.00 bits per heavy atom. The summed E-state index contributed by atoms with van der Waals surface area (Å²) in [5.41, 5.74) is 2.10. The van der Waals surface area contributed by atoms with Gasteiger partial charge in [-0.15, -0.1) is 0 Å². The lowest BCUT2D eigenvalue weighted by molar-refractivity contribution is 0.323. The van der Waals surface area contributed by atoms with Crippen molar-refractivity contribution in [1.82, 2.24) is 15.6 Å². The van der Waals surface area contributed by atoms with E-state index in [1.54, 1.807) is 28.4 Å². The predicted octanol–water partition coefficient (Wildman–Crippen LogP) is 3.21. The molecule has 2 heterocycles. The minimum Gasteiger partial charge on any atom is -0.493 e. The lowest BCUT2D eigenvalue weighted by atomic mass is 9.99. The maximum absolute atomic E-state index is 5.43. The van der Waals surface area contributed by atoms with Gasteiger partial charge in [-0.1, -0.05) is 13.0 Å². The van der Waals surface area contributed by atoms with Crippen molar-refractivity contribution < 1.29 is 14.2 Å². The van der Waals surface area contributed by atoms with E-state index in [9.17, 15) is 0 Å². The number of benzene rings is 1. The number of ether oxygens (including phenoxy) is 3. The first-order valence-corrected chi connectivity index (χ1v) is 11.0. The number of piperidine rings is 1. The first-order chi connectivity index (χ1) is 15.6. The van der Waals surface area contributed by atoms with E-state index in [0.29, 0.717) is 36.3 Å². The molecular formula is C24H35N5O3. The second-order valence-corrected chi connectivity index (χ2v) is 8.01. The summed E-state index contributed by atoms with van der Waals surface area (Å²) in [6.45, 7) is 5.69. The number of hydrogen-bond acceptors (Lipinski definition) is 6. The van der Waals surface area contributed by atoms with E-state index in [0.717, 1.165) is 36.0 Å². The van der Waals surface area contributed by atoms with Gasteiger partial charge in [0.05, 0.1) is 21.3 Å². The highest BCUT2D eigenvalue weighted by Gasteiger charge is 2.17. The molecule has 1 aliphatic heterocycles. The zero-order chi connectivity index (χ0) is 22.9. The average Bonchev–Trinajstić information content (AvgIpc) is 2.84. The summed E-state index contributed by atoms with van der Waals surface area (Å²) in [4.78, 5) is 11.3. The van der Waals surface area contributed by atoms with Crippen LogP contribution in [0.15, 0.2) is 35.5 Å². The first kappa shape index (κ1) is 23.5. The molecule has 2 aromatic rings. The lowest BCUT2D eigenvalue weighted by Gasteiger charge is -2.31. The quantitative estimate of drug-likeness (QED) is 0.481. The summed E-state index contributed by atoms with van der Waals surface area (Å²) < 4.78 is 16.2. The molecule has 1 aliphatic rings. The SMILES string of the molecule is CN=C(NCc1ccc(N2CCC(C)CC2)nc1)NCc1cc(OC)c(OC)c(OC)c1. The predicted molar refractivity (Wildman–Crippen MR) is 128 cm³/mol. The van der Waals surface area contributed by atoms with Crippen molar-refractivity contribution in [3.05, 3.63) is 41.6 Å². The number of aromatic nitrogens is 1. The average molecular weight is 442 g/mol. The molecule has 3 rings (SSSR count). The highest BCUT2D eigenvalue weighted by atomic mass is 16.5. The summed E-state index contributed by atoms with van der Waals surface area (Å²) in [5.74, 6) is 4.41. The smallest absolute Gasteiger partial charge is 0.203 e. The third-order valence-corrected chi connectivity index (χ3v) is 5.78. The van der Waals surface area contributed by atoms with Gasteiger partial charge in [0.1, 0.15) is 5.82 Å². The van der Waals surface area contributed by atoms with Gasteiger partial charge < -0.3 is 29.7 Å². The maximum Gasteiger partial charge on any atom is 0.203 e. The van der Waals surface area contributed by atoms with Gasteiger partial charge in [-0.05, 0) is 48.1 Å². The molecule has 1 aromatic heterocycles. The third-order valence-electron chi connectivity index (χ3n) is 5.78. The molecule has 0 bridgehead atoms. The van der Waals surface area contributed by atoms with Crippen LogP contribution in [-0.4, -0.2) is 52.4 Å². The molecule has 1 aromatic carbocycles. The fraction of sp³-hybridized carbons (Fsp3) is 0.500. The van der Waals surface area contributed by atoms with Crippen LogP contribution >= 0.6 is 0 Å². The van der Waals surface area contributed by atoms with Crippen LogP contribution in [0.1, 0.15) is 30.9 Å². The molecule has 174 valence electrons. The molecule has 0 spiro atoms. The highest BCUT2D eigenvalue weighted by Crippen LogP contribution is 2.38. The zero-order valence-corrected chi connectivity index (χ0v) is 19.8. The molecule has 0 saturated carbocycles. The van der Waals surface area contributed by atoms with E-state index in [4.69, 9.17) is 14.2 Å². The van der Waals surface area contributed by atoms with Crippen LogP contribution in [0.4, 0.5) is 5.82 Å². The number of rotatable bonds is 8. The minimum atomic E-state index is 0.557. The van der Waals surface area contributed by atoms with Crippen molar-refractivity contribution in [2.24, 2.45) is 10.9 Å². The second-order valence-electron chi connectivity index (χ2n) is 8.01. The number of methoxy groups -OCH3 is 3. The number of guanidine groups is 1. The van der Waals surface area contributed by atoms with Gasteiger partial charge in [0.15, 0.2) is 17.5 Å². The summed E-state index contributed by atoms with van der Waals surface area (Å²) in [7, 11) is 6.57. The van der Waals surface area contributed by atoms with E-state index in [-0.39, 0.29) is 0 Å². The van der Waals surface area contributed by atoms with Crippen molar-refractivity contribution in [2.45, 2.75) is 32.9 Å². The van der Waals surface area contributed by atoms with Crippen LogP contribution in [0, 0.1) is 5.92 Å². The van der Waals surface area contributed by atoms with E-state index in [1.807, 2.05) is 18.3 Å². The standard InChI is InChI=1S/C24H35N5O3/c1-17-8-10-29(11-9-17)22-7-6-18(14-26-22)15-27-24(25-2)28-16-19-12-20(30-3)23(32-5)21(13-19)31-4/h6-7,12-14,17H,8-11,15-16H2,1-5H3,(H2,25,27,28). The molecule has 0 amide bonds. The Hall–Kier alpha value is -3.16. The Labute approximate surface area is 191 Å². The number of nitrogens with zero attached hydrogens (tertiary/aromatic N) is 3. The van der Waals surface area contributed by atoms with Crippen LogP contribution in [0.2, 0.25) is 0 Å². The molecular weight excluding hydrogens is 406 g/mol. The van der Waals surface area contributed by atoms with Crippen LogP contribution < -0.4 is 29.7 Å². The topological polar surface area (TPSA) is 80.2 Å². The monoisotopic (exact) mass is 441 g/mol. The summed E-state index contributed by atoms with van der Waals surface area (Å²) >= 11 is 0. The van der Waals surface area contributed by atoms with Gasteiger partial charge in [-0.3, -0.25) is 4.99 Å². The molecule has 0 aliphatic carbocycles. The molecule has 2 N–H and O–H groups in total. The van der Waals surface area contributed by atoms with Gasteiger partial charge in [0.25, 0.3) is 0 Å². The number of hydrogen-bond donors (Lipinski definition) is 2. The normalized spacial score (nSPS) is 14.8. The second kappa shape index (κ2) is 11.5. The van der Waals surface area contributed by atoms with E-state index >= 15 is 0 Å². The molecule has 1 fully saturated rings. The molecule has 32 heavy (non-hydrogen) atoms. The van der Waals surface area contributed by atoms with Gasteiger partial charge >= 0.3 is 0 Å². The Morgan fingerprint density at radius 2 is 1.62 bits per heavy atom. The van der Waals surface area contributed by atoms with Gasteiger partial charge in [0, 0.05) is 39.4 Å². The van der Waals surface area contributed by atoms with Crippen LogP contribution in [0.25, 0.3) is 0 Å². The van der Waals surface area contributed by atoms with E-state index in [1.165, 1.54) is 12.8 Å². The number of nitrogens with one attached hydrogen (secondary N) is 2. The van der Waals surface area contributed by atoms with Gasteiger partial charge in [-0.2, -0.15) is 0 Å². The van der Waals surface area contributed by atoms with Crippen LogP contribution in [0.5, 0.6) is 17.2 Å². The Bertz CT molecular complexity index is 868. The number of anilines is 1. The van der Waals surface area contributed by atoms with Crippen molar-refractivity contribution >= 4 is 11.8 Å². The summed E-state index contributed by atoms with van der Waals surface area (Å²) in [5, 5.41) is 6.66. The Kier molecular flexibility index (Phi) is 8.41. The van der Waals surface area contributed by atoms with Crippen molar-refractivity contribution in [3.63, 3.8) is 0 Å². The van der Waals surface area contributed by atoms with Gasteiger partial charge in [0.2, 0.25) is 5.75 Å². The molecule has 8 heteroatoms. The Morgan fingerprint density at radius 3 is 2.12 bits per heavy atom. The van der Waals surface area contributed by atoms with E-state index in [2.05, 4.69) is 44.6 Å². The third kappa shape index (κ3) is 5.96. The fourth-order valence-corrected chi connectivity index (χ4v) is 3.78. The van der Waals surface area contributed by atoms with Crippen LogP contribution in [-0.2, 0) is 13.1 Å². The first-order valence-electron chi connectivity index (χ1n) is 11.0. The lowest BCUT2D eigenvalue weighted by Crippen LogP contribution is -2.36. The molecule has 1 saturated heterocycles. The van der Waals surface area contributed by atoms with Crippen LogP contribution in [0.3, 0.4) is 0 Å². The number of pyridine rings is 1. The largest absolute Gasteiger partial charge is 0.493 e. The highest BCUT2D eigenvalue weighted by molar-refractivity contribution is 5.79. The molecule has 0 atom stereocenters. The molecule has 0 radical (unpaired) electrons. The van der Waals surface area contributed by atoms with Crippen molar-refractivity contribution in [1.29, 1.82) is 0 Å². The minimum absolute atomic E-state index is 0.557. The molecule has 0 unspecified atom stereocenters. The molecule has 8 nitrogen and oxygen atoms in total. The number of aliphatic imine (C=N–C) groups is 1. The zero-order valence-electron chi connectivity index (χ0n) is 19.8. The fourth-order valence-electron chi connectivity index (χ4n) is 3.78. The van der Waals surface area contributed by atoms with Crippen molar-refractivity contribution in [3.8, 4) is 17.2 Å². The van der Waals surface area contributed by atoms with Gasteiger partial charge in [-0.25, -0.2) is 4.98 Å². The summed E-state index contributed by atoms with van der Waals surface area (Å²) in [6.07, 6.45) is 4.41.